The highest BCUT2D eigenvalue weighted by Crippen LogP contribution is 2.63. The first kappa shape index (κ1) is 17.0. The fraction of sp³-hybridized carbons (Fsp3) is 0.278. The second-order valence-corrected chi connectivity index (χ2v) is 8.40. The summed E-state index contributed by atoms with van der Waals surface area (Å²) in [6, 6.07) is 17.5. The Hall–Kier alpha value is -1.87. The quantitative estimate of drug-likeness (QED) is 0.818. The van der Waals surface area contributed by atoms with Gasteiger partial charge in [0.05, 0.1) is 22.8 Å². The van der Waals surface area contributed by atoms with Gasteiger partial charge in [0.2, 0.25) is 0 Å². The molecule has 0 amide bonds. The number of hydrogen-bond donors (Lipinski definition) is 0. The van der Waals surface area contributed by atoms with Crippen LogP contribution in [0.4, 0.5) is 0 Å². The standard InChI is InChI=1S/C18H16ClNO3S/c1-23-12-18(11-20)16(13-5-3-2-4-6-13)17(18)24(21,22)15-9-7-14(19)8-10-15/h2-10,16-17H,12H2,1H3/t16-,17+,18+/m0/s1. The molecule has 1 aliphatic carbocycles. The highest BCUT2D eigenvalue weighted by atomic mass is 35.5. The number of benzene rings is 2. The first-order valence-electron chi connectivity index (χ1n) is 7.42. The van der Waals surface area contributed by atoms with Crippen LogP contribution in [-0.2, 0) is 14.6 Å². The topological polar surface area (TPSA) is 67.2 Å². The third-order valence-electron chi connectivity index (χ3n) is 4.48. The Morgan fingerprint density at radius 1 is 1.17 bits per heavy atom. The van der Waals surface area contributed by atoms with Crippen LogP contribution in [-0.4, -0.2) is 27.4 Å². The molecule has 0 saturated heterocycles. The molecule has 1 saturated carbocycles. The molecule has 0 heterocycles. The normalized spacial score (nSPS) is 25.9. The molecule has 2 aromatic carbocycles. The zero-order valence-corrected chi connectivity index (χ0v) is 14.6. The molecule has 0 radical (unpaired) electrons. The van der Waals surface area contributed by atoms with Gasteiger partial charge in [0.15, 0.2) is 9.84 Å². The second kappa shape index (κ2) is 6.21. The minimum absolute atomic E-state index is 0.0700. The molecule has 124 valence electrons. The number of ether oxygens (including phenoxy) is 1. The number of sulfone groups is 1. The van der Waals surface area contributed by atoms with Crippen molar-refractivity contribution in [2.24, 2.45) is 5.41 Å². The molecule has 0 spiro atoms. The van der Waals surface area contributed by atoms with E-state index in [-0.39, 0.29) is 11.5 Å². The van der Waals surface area contributed by atoms with Crippen molar-refractivity contribution in [3.05, 3.63) is 65.2 Å². The van der Waals surface area contributed by atoms with Crippen LogP contribution in [0.25, 0.3) is 0 Å². The van der Waals surface area contributed by atoms with Crippen LogP contribution in [0.15, 0.2) is 59.5 Å². The van der Waals surface area contributed by atoms with Gasteiger partial charge in [-0.25, -0.2) is 8.42 Å². The van der Waals surface area contributed by atoms with Crippen LogP contribution in [0, 0.1) is 16.7 Å². The predicted octanol–water partition coefficient (Wildman–Crippen LogP) is 3.44. The van der Waals surface area contributed by atoms with E-state index in [1.807, 2.05) is 30.3 Å². The van der Waals surface area contributed by atoms with Crippen LogP contribution >= 0.6 is 11.6 Å². The fourth-order valence-corrected chi connectivity index (χ4v) is 5.78. The van der Waals surface area contributed by atoms with Gasteiger partial charge in [-0.05, 0) is 29.8 Å². The average Bonchev–Trinajstić information content (AvgIpc) is 3.26. The second-order valence-electron chi connectivity index (χ2n) is 5.89. The summed E-state index contributed by atoms with van der Waals surface area (Å²) in [6.07, 6.45) is 0. The van der Waals surface area contributed by atoms with E-state index >= 15 is 0 Å². The van der Waals surface area contributed by atoms with Gasteiger partial charge in [0.1, 0.15) is 5.41 Å². The lowest BCUT2D eigenvalue weighted by Gasteiger charge is -2.08. The first-order chi connectivity index (χ1) is 11.5. The third kappa shape index (κ3) is 2.61. The molecule has 1 aliphatic rings. The minimum atomic E-state index is -3.68. The largest absolute Gasteiger partial charge is 0.383 e. The maximum Gasteiger partial charge on any atom is 0.183 e. The Balaban J connectivity index is 2.07. The highest BCUT2D eigenvalue weighted by molar-refractivity contribution is 7.92. The summed E-state index contributed by atoms with van der Waals surface area (Å²) in [7, 11) is -2.21. The molecule has 0 aliphatic heterocycles. The number of rotatable bonds is 5. The van der Waals surface area contributed by atoms with Gasteiger partial charge in [-0.15, -0.1) is 0 Å². The molecule has 0 N–H and O–H groups in total. The van der Waals surface area contributed by atoms with Gasteiger partial charge in [-0.3, -0.25) is 0 Å². The third-order valence-corrected chi connectivity index (χ3v) is 7.03. The van der Waals surface area contributed by atoms with Crippen molar-refractivity contribution < 1.29 is 13.2 Å². The fourth-order valence-electron chi connectivity index (χ4n) is 3.34. The van der Waals surface area contributed by atoms with Gasteiger partial charge >= 0.3 is 0 Å². The molecule has 3 rings (SSSR count). The van der Waals surface area contributed by atoms with E-state index in [1.165, 1.54) is 19.2 Å². The SMILES string of the molecule is COC[C@@]1(C#N)[C@H](S(=O)(=O)c2ccc(Cl)cc2)[C@@H]1c1ccccc1. The molecular weight excluding hydrogens is 346 g/mol. The number of hydrogen-bond acceptors (Lipinski definition) is 4. The van der Waals surface area contributed by atoms with Gasteiger partial charge in [-0.1, -0.05) is 41.9 Å². The lowest BCUT2D eigenvalue weighted by molar-refractivity contribution is 0.162. The summed E-state index contributed by atoms with van der Waals surface area (Å²) in [5.74, 6) is -0.413. The zero-order chi connectivity index (χ0) is 17.4. The Morgan fingerprint density at radius 3 is 2.33 bits per heavy atom. The van der Waals surface area contributed by atoms with E-state index in [0.29, 0.717) is 5.02 Å². The van der Waals surface area contributed by atoms with E-state index in [4.69, 9.17) is 16.3 Å². The monoisotopic (exact) mass is 361 g/mol. The lowest BCUT2D eigenvalue weighted by Crippen LogP contribution is -2.19. The predicted molar refractivity (Wildman–Crippen MR) is 91.5 cm³/mol. The molecule has 3 atom stereocenters. The van der Waals surface area contributed by atoms with Crippen LogP contribution in [0.3, 0.4) is 0 Å². The van der Waals surface area contributed by atoms with Crippen molar-refractivity contribution in [3.8, 4) is 6.07 Å². The summed E-state index contributed by atoms with van der Waals surface area (Å²) >= 11 is 5.85. The molecule has 0 bridgehead atoms. The van der Waals surface area contributed by atoms with E-state index in [9.17, 15) is 13.7 Å². The Labute approximate surface area is 146 Å². The van der Waals surface area contributed by atoms with Crippen LogP contribution in [0.2, 0.25) is 5.02 Å². The van der Waals surface area contributed by atoms with Gasteiger partial charge in [0.25, 0.3) is 0 Å². The minimum Gasteiger partial charge on any atom is -0.383 e. The average molecular weight is 362 g/mol. The van der Waals surface area contributed by atoms with Gasteiger partial charge < -0.3 is 4.74 Å². The molecular formula is C18H16ClNO3S. The van der Waals surface area contributed by atoms with Crippen molar-refractivity contribution >= 4 is 21.4 Å². The molecule has 1 fully saturated rings. The van der Waals surface area contributed by atoms with Crippen molar-refractivity contribution in [1.29, 1.82) is 5.26 Å². The van der Waals surface area contributed by atoms with E-state index in [1.54, 1.807) is 12.1 Å². The first-order valence-corrected chi connectivity index (χ1v) is 9.34. The van der Waals surface area contributed by atoms with E-state index in [2.05, 4.69) is 6.07 Å². The Bertz CT molecular complexity index is 875. The van der Waals surface area contributed by atoms with Crippen molar-refractivity contribution in [3.63, 3.8) is 0 Å². The molecule has 0 aromatic heterocycles. The zero-order valence-electron chi connectivity index (χ0n) is 13.0. The number of nitrogens with zero attached hydrogens (tertiary/aromatic N) is 1. The van der Waals surface area contributed by atoms with Crippen LogP contribution < -0.4 is 0 Å². The van der Waals surface area contributed by atoms with Crippen molar-refractivity contribution in [2.75, 3.05) is 13.7 Å². The maximum atomic E-state index is 13.1. The summed E-state index contributed by atoms with van der Waals surface area (Å²) in [6.45, 7) is 0.0700. The maximum absolute atomic E-state index is 13.1. The highest BCUT2D eigenvalue weighted by Gasteiger charge is 2.72. The molecule has 4 nitrogen and oxygen atoms in total. The van der Waals surface area contributed by atoms with Crippen molar-refractivity contribution in [1.82, 2.24) is 0 Å². The Kier molecular flexibility index (Phi) is 4.39. The smallest absolute Gasteiger partial charge is 0.183 e. The molecule has 2 aromatic rings. The van der Waals surface area contributed by atoms with Gasteiger partial charge in [0, 0.05) is 18.1 Å². The van der Waals surface area contributed by atoms with Gasteiger partial charge in [-0.2, -0.15) is 5.26 Å². The lowest BCUT2D eigenvalue weighted by atomic mass is 10.0. The molecule has 24 heavy (non-hydrogen) atoms. The van der Waals surface area contributed by atoms with Crippen LogP contribution in [0.5, 0.6) is 0 Å². The van der Waals surface area contributed by atoms with E-state index < -0.39 is 26.4 Å². The molecule has 0 unspecified atom stereocenters. The number of nitriles is 1. The number of halogens is 1. The summed E-state index contributed by atoms with van der Waals surface area (Å²) in [5.41, 5.74) is -0.243. The van der Waals surface area contributed by atoms with E-state index in [0.717, 1.165) is 5.56 Å². The Morgan fingerprint density at radius 2 is 1.79 bits per heavy atom. The summed E-state index contributed by atoms with van der Waals surface area (Å²) < 4.78 is 31.4. The van der Waals surface area contributed by atoms with Crippen molar-refractivity contribution in [2.45, 2.75) is 16.1 Å². The number of methoxy groups -OCH3 is 1. The molecule has 6 heteroatoms. The summed E-state index contributed by atoms with van der Waals surface area (Å²) in [4.78, 5) is 0.172. The van der Waals surface area contributed by atoms with Crippen LogP contribution in [0.1, 0.15) is 11.5 Å². The summed E-state index contributed by atoms with van der Waals surface area (Å²) in [5, 5.41) is 9.36.